The van der Waals surface area contributed by atoms with Gasteiger partial charge in [-0.1, -0.05) is 26.0 Å². The van der Waals surface area contributed by atoms with Crippen molar-refractivity contribution in [1.82, 2.24) is 0 Å². The van der Waals surface area contributed by atoms with Gasteiger partial charge in [0.2, 0.25) is 0 Å². The highest BCUT2D eigenvalue weighted by molar-refractivity contribution is 7.92. The molecule has 0 aliphatic carbocycles. The molecule has 0 aliphatic heterocycles. The highest BCUT2D eigenvalue weighted by Crippen LogP contribution is 2.27. The van der Waals surface area contributed by atoms with Crippen molar-refractivity contribution in [2.45, 2.75) is 31.1 Å². The molecule has 0 fully saturated rings. The van der Waals surface area contributed by atoms with Crippen molar-refractivity contribution in [3.8, 4) is 0 Å². The third kappa shape index (κ3) is 3.92. The second-order valence-corrected chi connectivity index (χ2v) is 7.74. The molecule has 23 heavy (non-hydrogen) atoms. The van der Waals surface area contributed by atoms with Gasteiger partial charge in [0.1, 0.15) is 4.88 Å². The van der Waals surface area contributed by atoms with Gasteiger partial charge >= 0.3 is 5.97 Å². The van der Waals surface area contributed by atoms with Gasteiger partial charge in [-0.25, -0.2) is 13.2 Å². The molecule has 1 aromatic carbocycles. The normalized spacial score (nSPS) is 12.7. The number of sulfonamides is 1. The van der Waals surface area contributed by atoms with E-state index in [-0.39, 0.29) is 15.5 Å². The summed E-state index contributed by atoms with van der Waals surface area (Å²) in [6.07, 6.45) is 0.988. The maximum absolute atomic E-state index is 12.5. The first-order valence-corrected chi connectivity index (χ1v) is 9.54. The van der Waals surface area contributed by atoms with Crippen LogP contribution in [0.4, 0.5) is 5.69 Å². The zero-order chi connectivity index (χ0) is 17.0. The SMILES string of the molecule is CC[C@@H](C)c1ccc(S(=O)(=O)Nc2ccsc2C(=O)OC)cc1. The molecule has 2 aromatic rings. The number of carbonyl (C=O) groups excluding carboxylic acids is 1. The van der Waals surface area contributed by atoms with E-state index >= 15 is 0 Å². The molecule has 2 rings (SSSR count). The minimum Gasteiger partial charge on any atom is -0.465 e. The van der Waals surface area contributed by atoms with Gasteiger partial charge < -0.3 is 4.74 Å². The first-order valence-electron chi connectivity index (χ1n) is 7.17. The molecule has 7 heteroatoms. The maximum Gasteiger partial charge on any atom is 0.350 e. The highest BCUT2D eigenvalue weighted by atomic mass is 32.2. The number of hydrogen-bond donors (Lipinski definition) is 1. The predicted molar refractivity (Wildman–Crippen MR) is 91.6 cm³/mol. The molecule has 5 nitrogen and oxygen atoms in total. The van der Waals surface area contributed by atoms with E-state index < -0.39 is 16.0 Å². The third-order valence-electron chi connectivity index (χ3n) is 3.65. The summed E-state index contributed by atoms with van der Waals surface area (Å²) < 4.78 is 32.0. The molecule has 1 aromatic heterocycles. The summed E-state index contributed by atoms with van der Waals surface area (Å²) in [4.78, 5) is 12.0. The smallest absolute Gasteiger partial charge is 0.350 e. The molecular formula is C16H19NO4S2. The number of carbonyl (C=O) groups is 1. The van der Waals surface area contributed by atoms with E-state index in [1.54, 1.807) is 23.6 Å². The minimum absolute atomic E-state index is 0.159. The van der Waals surface area contributed by atoms with E-state index in [2.05, 4.69) is 23.3 Å². The lowest BCUT2D eigenvalue weighted by Gasteiger charge is -2.11. The van der Waals surface area contributed by atoms with Crippen LogP contribution < -0.4 is 4.72 Å². The maximum atomic E-state index is 12.5. The zero-order valence-corrected chi connectivity index (χ0v) is 14.8. The summed E-state index contributed by atoms with van der Waals surface area (Å²) >= 11 is 1.13. The Kier molecular flexibility index (Phi) is 5.43. The molecule has 0 spiro atoms. The fraction of sp³-hybridized carbons (Fsp3) is 0.312. The quantitative estimate of drug-likeness (QED) is 0.801. The molecule has 0 saturated carbocycles. The Hall–Kier alpha value is -1.86. The molecule has 1 atom stereocenters. The minimum atomic E-state index is -3.75. The molecular weight excluding hydrogens is 334 g/mol. The van der Waals surface area contributed by atoms with Crippen molar-refractivity contribution >= 4 is 33.0 Å². The molecule has 124 valence electrons. The largest absolute Gasteiger partial charge is 0.465 e. The molecule has 1 heterocycles. The number of hydrogen-bond acceptors (Lipinski definition) is 5. The number of ether oxygens (including phenoxy) is 1. The number of anilines is 1. The molecule has 0 unspecified atom stereocenters. The second kappa shape index (κ2) is 7.14. The predicted octanol–water partition coefficient (Wildman–Crippen LogP) is 3.85. The van der Waals surface area contributed by atoms with Crippen LogP contribution in [0.2, 0.25) is 0 Å². The highest BCUT2D eigenvalue weighted by Gasteiger charge is 2.20. The summed E-state index contributed by atoms with van der Waals surface area (Å²) in [5.41, 5.74) is 1.32. The molecule has 0 radical (unpaired) electrons. The number of rotatable bonds is 6. The van der Waals surface area contributed by atoms with Crippen LogP contribution in [0, 0.1) is 0 Å². The Morgan fingerprint density at radius 1 is 1.26 bits per heavy atom. The average molecular weight is 353 g/mol. The number of methoxy groups -OCH3 is 1. The van der Waals surface area contributed by atoms with Crippen LogP contribution in [0.5, 0.6) is 0 Å². The number of nitrogens with one attached hydrogen (secondary N) is 1. The van der Waals surface area contributed by atoms with Crippen molar-refractivity contribution in [2.24, 2.45) is 0 Å². The Bertz CT molecular complexity index is 779. The first kappa shape index (κ1) is 17.5. The van der Waals surface area contributed by atoms with E-state index in [4.69, 9.17) is 0 Å². The second-order valence-electron chi connectivity index (χ2n) is 5.14. The monoisotopic (exact) mass is 353 g/mol. The van der Waals surface area contributed by atoms with E-state index in [1.165, 1.54) is 7.11 Å². The van der Waals surface area contributed by atoms with Gasteiger partial charge in [0.25, 0.3) is 10.0 Å². The van der Waals surface area contributed by atoms with E-state index in [9.17, 15) is 13.2 Å². The van der Waals surface area contributed by atoms with Gasteiger partial charge in [-0.15, -0.1) is 11.3 Å². The number of esters is 1. The summed E-state index contributed by atoms with van der Waals surface area (Å²) in [5.74, 6) is -0.188. The van der Waals surface area contributed by atoms with Crippen molar-refractivity contribution in [2.75, 3.05) is 11.8 Å². The summed E-state index contributed by atoms with van der Waals surface area (Å²) in [6.45, 7) is 4.18. The Morgan fingerprint density at radius 3 is 2.48 bits per heavy atom. The van der Waals surface area contributed by atoms with Crippen molar-refractivity contribution in [3.05, 3.63) is 46.2 Å². The van der Waals surface area contributed by atoms with E-state index in [1.807, 2.05) is 12.1 Å². The Balaban J connectivity index is 2.26. The summed E-state index contributed by atoms with van der Waals surface area (Å²) in [6, 6.07) is 8.33. The van der Waals surface area contributed by atoms with Crippen LogP contribution in [0.25, 0.3) is 0 Å². The number of benzene rings is 1. The first-order chi connectivity index (χ1) is 10.9. The molecule has 1 N–H and O–H groups in total. The van der Waals surface area contributed by atoms with Crippen LogP contribution in [-0.2, 0) is 14.8 Å². The standard InChI is InChI=1S/C16H19NO4S2/c1-4-11(2)12-5-7-13(8-6-12)23(19,20)17-14-9-10-22-15(14)16(18)21-3/h5-11,17H,4H2,1-3H3/t11-/m1/s1. The van der Waals surface area contributed by atoms with Crippen molar-refractivity contribution in [3.63, 3.8) is 0 Å². The Labute approximate surface area is 140 Å². The Morgan fingerprint density at radius 2 is 1.91 bits per heavy atom. The fourth-order valence-electron chi connectivity index (χ4n) is 2.06. The van der Waals surface area contributed by atoms with Gasteiger partial charge in [-0.3, -0.25) is 4.72 Å². The van der Waals surface area contributed by atoms with E-state index in [0.717, 1.165) is 23.3 Å². The van der Waals surface area contributed by atoms with Crippen LogP contribution in [0.1, 0.15) is 41.4 Å². The third-order valence-corrected chi connectivity index (χ3v) is 5.93. The molecule has 0 bridgehead atoms. The van der Waals surface area contributed by atoms with Crippen LogP contribution in [0.15, 0.2) is 40.6 Å². The van der Waals surface area contributed by atoms with Crippen molar-refractivity contribution in [1.29, 1.82) is 0 Å². The van der Waals surface area contributed by atoms with Gasteiger partial charge in [0.05, 0.1) is 17.7 Å². The van der Waals surface area contributed by atoms with Crippen LogP contribution in [0.3, 0.4) is 0 Å². The molecule has 0 amide bonds. The average Bonchev–Trinajstić information content (AvgIpc) is 3.00. The van der Waals surface area contributed by atoms with Gasteiger partial charge in [-0.2, -0.15) is 0 Å². The van der Waals surface area contributed by atoms with E-state index in [0.29, 0.717) is 5.92 Å². The van der Waals surface area contributed by atoms with Crippen LogP contribution >= 0.6 is 11.3 Å². The van der Waals surface area contributed by atoms with Gasteiger partial charge in [0, 0.05) is 0 Å². The topological polar surface area (TPSA) is 72.5 Å². The lowest BCUT2D eigenvalue weighted by Crippen LogP contribution is -2.14. The van der Waals surface area contributed by atoms with Gasteiger partial charge in [-0.05, 0) is 41.5 Å². The zero-order valence-electron chi connectivity index (χ0n) is 13.2. The summed E-state index contributed by atoms with van der Waals surface area (Å²) in [7, 11) is -2.49. The number of thiophene rings is 1. The van der Waals surface area contributed by atoms with Crippen LogP contribution in [-0.4, -0.2) is 21.5 Å². The lowest BCUT2D eigenvalue weighted by atomic mass is 9.99. The molecule has 0 saturated heterocycles. The fourth-order valence-corrected chi connectivity index (χ4v) is 3.96. The van der Waals surface area contributed by atoms with Gasteiger partial charge in [0.15, 0.2) is 0 Å². The lowest BCUT2D eigenvalue weighted by molar-refractivity contribution is 0.0607. The molecule has 0 aliphatic rings. The van der Waals surface area contributed by atoms with Crippen molar-refractivity contribution < 1.29 is 17.9 Å². The summed E-state index contributed by atoms with van der Waals surface area (Å²) in [5, 5.41) is 1.64.